The fourth-order valence-electron chi connectivity index (χ4n) is 1.11. The largest absolute Gasteiger partial charge is 0.378 e. The van der Waals surface area contributed by atoms with Crippen LogP contribution in [0.25, 0.3) is 0 Å². The van der Waals surface area contributed by atoms with Crippen LogP contribution in [0, 0.1) is 0 Å². The van der Waals surface area contributed by atoms with Crippen molar-refractivity contribution >= 4 is 21.8 Å². The zero-order valence-electron chi connectivity index (χ0n) is 8.43. The van der Waals surface area contributed by atoms with E-state index in [9.17, 15) is 13.2 Å². The number of sulfone groups is 1. The van der Waals surface area contributed by atoms with Crippen molar-refractivity contribution in [1.29, 1.82) is 0 Å². The van der Waals surface area contributed by atoms with Gasteiger partial charge in [-0.15, -0.1) is 0 Å². The summed E-state index contributed by atoms with van der Waals surface area (Å²) in [6.45, 7) is 1.83. The quantitative estimate of drug-likeness (QED) is 0.765. The molecule has 0 bridgehead atoms. The van der Waals surface area contributed by atoms with Crippen LogP contribution in [-0.2, 0) is 14.6 Å². The Hall–Kier alpha value is -1.36. The maximum atomic E-state index is 11.4. The van der Waals surface area contributed by atoms with Crippen LogP contribution in [-0.4, -0.2) is 27.0 Å². The lowest BCUT2D eigenvalue weighted by molar-refractivity contribution is -0.106. The van der Waals surface area contributed by atoms with Gasteiger partial charge in [-0.25, -0.2) is 8.42 Å². The molecule has 4 nitrogen and oxygen atoms in total. The van der Waals surface area contributed by atoms with E-state index in [0.29, 0.717) is 4.90 Å². The molecule has 0 atom stereocenters. The summed E-state index contributed by atoms with van der Waals surface area (Å²) in [5.41, 5.74) is 0.733. The molecule has 0 aromatic heterocycles. The molecule has 0 radical (unpaired) electrons. The molecule has 0 aliphatic rings. The monoisotopic (exact) mass is 227 g/mol. The van der Waals surface area contributed by atoms with Gasteiger partial charge < -0.3 is 10.1 Å². The van der Waals surface area contributed by atoms with Gasteiger partial charge in [-0.1, -0.05) is 6.92 Å². The van der Waals surface area contributed by atoms with Crippen molar-refractivity contribution < 1.29 is 13.2 Å². The molecule has 1 aromatic rings. The number of carbonyl (C=O) groups is 1. The van der Waals surface area contributed by atoms with E-state index in [2.05, 4.69) is 5.32 Å². The number of rotatable bonds is 5. The number of nitrogens with one attached hydrogen (secondary N) is 1. The molecule has 0 spiro atoms. The molecule has 0 aliphatic carbocycles. The van der Waals surface area contributed by atoms with Crippen LogP contribution in [0.15, 0.2) is 29.2 Å². The number of hydrogen-bond acceptors (Lipinski definition) is 4. The summed E-state index contributed by atoms with van der Waals surface area (Å²) in [7, 11) is -3.13. The summed E-state index contributed by atoms with van der Waals surface area (Å²) < 4.78 is 22.9. The van der Waals surface area contributed by atoms with E-state index in [1.54, 1.807) is 19.1 Å². The Morgan fingerprint density at radius 1 is 1.27 bits per heavy atom. The highest BCUT2D eigenvalue weighted by atomic mass is 32.2. The fourth-order valence-corrected chi connectivity index (χ4v) is 1.99. The Morgan fingerprint density at radius 2 is 1.87 bits per heavy atom. The van der Waals surface area contributed by atoms with Gasteiger partial charge in [-0.2, -0.15) is 0 Å². The van der Waals surface area contributed by atoms with E-state index in [-0.39, 0.29) is 12.3 Å². The highest BCUT2D eigenvalue weighted by Gasteiger charge is 2.10. The number of aldehydes is 1. The lowest BCUT2D eigenvalue weighted by Gasteiger charge is -2.04. The first-order valence-corrected chi connectivity index (χ1v) is 6.25. The lowest BCUT2D eigenvalue weighted by atomic mass is 10.3. The molecule has 0 unspecified atom stereocenters. The van der Waals surface area contributed by atoms with Gasteiger partial charge in [-0.05, 0) is 24.3 Å². The highest BCUT2D eigenvalue weighted by molar-refractivity contribution is 7.91. The molecule has 0 saturated carbocycles. The van der Waals surface area contributed by atoms with E-state index in [1.165, 1.54) is 12.1 Å². The van der Waals surface area contributed by atoms with Crippen molar-refractivity contribution in [2.24, 2.45) is 0 Å². The van der Waals surface area contributed by atoms with Crippen LogP contribution in [0.4, 0.5) is 5.69 Å². The molecule has 15 heavy (non-hydrogen) atoms. The predicted octanol–water partition coefficient (Wildman–Crippen LogP) is 1.09. The number of hydrogen-bond donors (Lipinski definition) is 1. The number of carbonyl (C=O) groups excluding carboxylic acids is 1. The van der Waals surface area contributed by atoms with Gasteiger partial charge in [0.2, 0.25) is 0 Å². The Bertz CT molecular complexity index is 422. The SMILES string of the molecule is CCS(=O)(=O)c1ccc(NCC=O)cc1. The van der Waals surface area contributed by atoms with Gasteiger partial charge >= 0.3 is 0 Å². The second-order valence-corrected chi connectivity index (χ2v) is 5.25. The molecule has 0 aliphatic heterocycles. The molecule has 1 N–H and O–H groups in total. The summed E-state index contributed by atoms with van der Waals surface area (Å²) in [6.07, 6.45) is 0.747. The molecule has 82 valence electrons. The standard InChI is InChI=1S/C10H13NO3S/c1-2-15(13,14)10-5-3-9(4-6-10)11-7-8-12/h3-6,8,11H,2,7H2,1H3. The molecule has 1 aromatic carbocycles. The van der Waals surface area contributed by atoms with Gasteiger partial charge in [0.25, 0.3) is 0 Å². The third-order valence-electron chi connectivity index (χ3n) is 1.98. The van der Waals surface area contributed by atoms with Crippen molar-refractivity contribution in [3.05, 3.63) is 24.3 Å². The van der Waals surface area contributed by atoms with Gasteiger partial charge in [-0.3, -0.25) is 0 Å². The maximum absolute atomic E-state index is 11.4. The van der Waals surface area contributed by atoms with E-state index >= 15 is 0 Å². The topological polar surface area (TPSA) is 63.2 Å². The van der Waals surface area contributed by atoms with E-state index in [4.69, 9.17) is 0 Å². The smallest absolute Gasteiger partial charge is 0.178 e. The molecule has 1 rings (SSSR count). The van der Waals surface area contributed by atoms with E-state index in [1.807, 2.05) is 0 Å². The first-order chi connectivity index (χ1) is 7.10. The zero-order chi connectivity index (χ0) is 11.3. The Kier molecular flexibility index (Phi) is 3.85. The third-order valence-corrected chi connectivity index (χ3v) is 3.73. The molecule has 5 heteroatoms. The summed E-state index contributed by atoms with van der Waals surface area (Å²) >= 11 is 0. The van der Waals surface area contributed by atoms with E-state index in [0.717, 1.165) is 12.0 Å². The van der Waals surface area contributed by atoms with Crippen molar-refractivity contribution in [2.75, 3.05) is 17.6 Å². The summed E-state index contributed by atoms with van der Waals surface area (Å²) in [4.78, 5) is 10.4. The Balaban J connectivity index is 2.85. The first-order valence-electron chi connectivity index (χ1n) is 4.60. The van der Waals surface area contributed by atoms with Crippen LogP contribution in [0.5, 0.6) is 0 Å². The summed E-state index contributed by atoms with van der Waals surface area (Å²) in [6, 6.07) is 6.36. The Morgan fingerprint density at radius 3 is 2.33 bits per heavy atom. The van der Waals surface area contributed by atoms with Gasteiger partial charge in [0.15, 0.2) is 9.84 Å². The summed E-state index contributed by atoms with van der Waals surface area (Å²) in [5, 5.41) is 2.83. The van der Waals surface area contributed by atoms with Gasteiger partial charge in [0.1, 0.15) is 6.29 Å². The minimum absolute atomic E-state index is 0.0914. The van der Waals surface area contributed by atoms with E-state index < -0.39 is 9.84 Å². The minimum Gasteiger partial charge on any atom is -0.378 e. The Labute approximate surface area is 89.2 Å². The third kappa shape index (κ3) is 3.06. The maximum Gasteiger partial charge on any atom is 0.178 e. The zero-order valence-corrected chi connectivity index (χ0v) is 9.25. The first kappa shape index (κ1) is 11.7. The molecule has 0 heterocycles. The van der Waals surface area contributed by atoms with Crippen molar-refractivity contribution in [2.45, 2.75) is 11.8 Å². The molecular formula is C10H13NO3S. The van der Waals surface area contributed by atoms with Gasteiger partial charge in [0, 0.05) is 5.69 Å². The molecule has 0 saturated heterocycles. The molecular weight excluding hydrogens is 214 g/mol. The highest BCUT2D eigenvalue weighted by Crippen LogP contribution is 2.14. The van der Waals surface area contributed by atoms with Crippen LogP contribution < -0.4 is 5.32 Å². The normalized spacial score (nSPS) is 11.0. The number of anilines is 1. The second-order valence-electron chi connectivity index (χ2n) is 2.98. The minimum atomic E-state index is -3.13. The lowest BCUT2D eigenvalue weighted by Crippen LogP contribution is -2.05. The average Bonchev–Trinajstić information content (AvgIpc) is 2.27. The molecule has 0 fully saturated rings. The summed E-state index contributed by atoms with van der Waals surface area (Å²) in [5.74, 6) is 0.0914. The second kappa shape index (κ2) is 4.93. The predicted molar refractivity (Wildman–Crippen MR) is 58.7 cm³/mol. The average molecular weight is 227 g/mol. The van der Waals surface area contributed by atoms with Crippen LogP contribution >= 0.6 is 0 Å². The van der Waals surface area contributed by atoms with Crippen LogP contribution in [0.2, 0.25) is 0 Å². The fraction of sp³-hybridized carbons (Fsp3) is 0.300. The van der Waals surface area contributed by atoms with Crippen LogP contribution in [0.3, 0.4) is 0 Å². The van der Waals surface area contributed by atoms with Crippen molar-refractivity contribution in [3.63, 3.8) is 0 Å². The van der Waals surface area contributed by atoms with Crippen molar-refractivity contribution in [1.82, 2.24) is 0 Å². The number of benzene rings is 1. The van der Waals surface area contributed by atoms with Crippen LogP contribution in [0.1, 0.15) is 6.92 Å². The van der Waals surface area contributed by atoms with Gasteiger partial charge in [0.05, 0.1) is 17.2 Å². The molecule has 0 amide bonds. The van der Waals surface area contributed by atoms with Crippen molar-refractivity contribution in [3.8, 4) is 0 Å².